The second-order valence-electron chi connectivity index (χ2n) is 7.99. The molecule has 5 rings (SSSR count). The molecule has 2 fully saturated rings. The summed E-state index contributed by atoms with van der Waals surface area (Å²) < 4.78 is 5.55. The molecular formula is C23H22N4O. The molecular weight excluding hydrogens is 348 g/mol. The second kappa shape index (κ2) is 6.88. The fraction of sp³-hybridized carbons (Fsp3) is 0.348. The number of hydrogen-bond donors (Lipinski definition) is 1. The minimum atomic E-state index is -0.0157. The first kappa shape index (κ1) is 17.2. The summed E-state index contributed by atoms with van der Waals surface area (Å²) >= 11 is 0. The van der Waals surface area contributed by atoms with Crippen LogP contribution in [-0.2, 0) is 5.41 Å². The Hall–Kier alpha value is -2.97. The summed E-state index contributed by atoms with van der Waals surface area (Å²) in [7, 11) is 0. The van der Waals surface area contributed by atoms with Crippen LogP contribution in [0.5, 0.6) is 0 Å². The zero-order chi connectivity index (χ0) is 19.0. The number of nitrogens with one attached hydrogen (secondary N) is 1. The van der Waals surface area contributed by atoms with Gasteiger partial charge in [-0.3, -0.25) is 0 Å². The molecule has 2 atom stereocenters. The summed E-state index contributed by atoms with van der Waals surface area (Å²) in [5.74, 6) is 1.96. The summed E-state index contributed by atoms with van der Waals surface area (Å²) in [5, 5.41) is 17.0. The van der Waals surface area contributed by atoms with Crippen molar-refractivity contribution in [2.24, 2.45) is 0 Å². The van der Waals surface area contributed by atoms with E-state index in [1.807, 2.05) is 12.1 Å². The van der Waals surface area contributed by atoms with Crippen LogP contribution in [0.1, 0.15) is 48.6 Å². The van der Waals surface area contributed by atoms with Gasteiger partial charge in [-0.15, -0.1) is 0 Å². The second-order valence-corrected chi connectivity index (χ2v) is 7.99. The van der Waals surface area contributed by atoms with E-state index in [1.54, 1.807) is 12.1 Å². The fourth-order valence-corrected chi connectivity index (χ4v) is 4.14. The van der Waals surface area contributed by atoms with Crippen molar-refractivity contribution in [2.45, 2.75) is 43.1 Å². The van der Waals surface area contributed by atoms with Gasteiger partial charge in [-0.25, -0.2) is 0 Å². The first-order valence-electron chi connectivity index (χ1n) is 9.90. The van der Waals surface area contributed by atoms with E-state index in [0.717, 1.165) is 30.8 Å². The van der Waals surface area contributed by atoms with Crippen LogP contribution in [-0.4, -0.2) is 22.7 Å². The topological polar surface area (TPSA) is 74.7 Å². The van der Waals surface area contributed by atoms with Gasteiger partial charge in [0.15, 0.2) is 5.82 Å². The molecule has 2 saturated carbocycles. The number of benzene rings is 2. The van der Waals surface area contributed by atoms with E-state index >= 15 is 0 Å². The molecule has 0 spiro atoms. The molecule has 1 heterocycles. The van der Waals surface area contributed by atoms with Crippen molar-refractivity contribution in [1.29, 1.82) is 5.26 Å². The highest BCUT2D eigenvalue weighted by atomic mass is 16.5. The smallest absolute Gasteiger partial charge is 0.257 e. The Morgan fingerprint density at radius 1 is 1.11 bits per heavy atom. The third kappa shape index (κ3) is 3.10. The molecule has 0 aliphatic heterocycles. The van der Waals surface area contributed by atoms with Gasteiger partial charge in [0.2, 0.25) is 0 Å². The molecule has 28 heavy (non-hydrogen) atoms. The summed E-state index contributed by atoms with van der Waals surface area (Å²) in [6, 6.07) is 20.7. The normalized spacial score (nSPS) is 22.2. The number of rotatable bonds is 6. The molecule has 2 aliphatic rings. The molecule has 5 heteroatoms. The van der Waals surface area contributed by atoms with Crippen LogP contribution in [0, 0.1) is 11.3 Å². The summed E-state index contributed by atoms with van der Waals surface area (Å²) in [6.07, 6.45) is 4.59. The van der Waals surface area contributed by atoms with Crippen molar-refractivity contribution in [3.05, 3.63) is 71.5 Å². The molecule has 140 valence electrons. The van der Waals surface area contributed by atoms with Crippen LogP contribution in [0.4, 0.5) is 0 Å². The monoisotopic (exact) mass is 370 g/mol. The van der Waals surface area contributed by atoms with Crippen LogP contribution < -0.4 is 5.32 Å². The van der Waals surface area contributed by atoms with Crippen molar-refractivity contribution >= 4 is 0 Å². The lowest BCUT2D eigenvalue weighted by Crippen LogP contribution is -2.45. The summed E-state index contributed by atoms with van der Waals surface area (Å²) in [5.41, 5.74) is 2.88. The van der Waals surface area contributed by atoms with E-state index in [4.69, 9.17) is 14.8 Å². The predicted molar refractivity (Wildman–Crippen MR) is 106 cm³/mol. The molecule has 0 bridgehead atoms. The quantitative estimate of drug-likeness (QED) is 0.705. The van der Waals surface area contributed by atoms with Crippen LogP contribution in [0.15, 0.2) is 59.1 Å². The number of aromatic nitrogens is 2. The maximum atomic E-state index is 8.94. The SMILES string of the molecule is N#Cc1ccc(-c2nc(C3(CNC4C[C@@H]4c4ccccc4)CCC3)no2)cc1. The molecule has 1 unspecified atom stereocenters. The van der Waals surface area contributed by atoms with Crippen LogP contribution >= 0.6 is 0 Å². The molecule has 5 nitrogen and oxygen atoms in total. The van der Waals surface area contributed by atoms with Gasteiger partial charge >= 0.3 is 0 Å². The standard InChI is InChI=1S/C23H22N4O/c24-14-16-7-9-18(10-8-16)21-26-22(27-28-21)23(11-4-12-23)15-25-20-13-19(20)17-5-2-1-3-6-17/h1-3,5-10,19-20,25H,4,11-13,15H2/t19-,20?/m1/s1. The van der Waals surface area contributed by atoms with Gasteiger partial charge in [-0.05, 0) is 49.1 Å². The Balaban J connectivity index is 1.27. The van der Waals surface area contributed by atoms with Crippen LogP contribution in [0.3, 0.4) is 0 Å². The van der Waals surface area contributed by atoms with E-state index < -0.39 is 0 Å². The Kier molecular flexibility index (Phi) is 4.22. The zero-order valence-corrected chi connectivity index (χ0v) is 15.6. The number of nitriles is 1. The van der Waals surface area contributed by atoms with Gasteiger partial charge in [0, 0.05) is 29.5 Å². The minimum absolute atomic E-state index is 0.0157. The molecule has 1 aromatic heterocycles. The maximum absolute atomic E-state index is 8.94. The largest absolute Gasteiger partial charge is 0.334 e. The van der Waals surface area contributed by atoms with Gasteiger partial charge in [0.1, 0.15) is 0 Å². The first-order valence-corrected chi connectivity index (χ1v) is 9.90. The number of hydrogen-bond acceptors (Lipinski definition) is 5. The third-order valence-electron chi connectivity index (χ3n) is 6.19. The highest BCUT2D eigenvalue weighted by Crippen LogP contribution is 2.45. The van der Waals surface area contributed by atoms with E-state index in [9.17, 15) is 0 Å². The molecule has 3 aromatic rings. The molecule has 0 radical (unpaired) electrons. The summed E-state index contributed by atoms with van der Waals surface area (Å²) in [6.45, 7) is 0.896. The van der Waals surface area contributed by atoms with Gasteiger partial charge in [-0.1, -0.05) is 41.9 Å². The fourth-order valence-electron chi connectivity index (χ4n) is 4.14. The van der Waals surface area contributed by atoms with Crippen molar-refractivity contribution in [1.82, 2.24) is 15.5 Å². The average Bonchev–Trinajstić information content (AvgIpc) is 3.33. The molecule has 0 amide bonds. The molecule has 2 aromatic carbocycles. The van der Waals surface area contributed by atoms with Crippen molar-refractivity contribution in [2.75, 3.05) is 6.54 Å². The zero-order valence-electron chi connectivity index (χ0n) is 15.6. The highest BCUT2D eigenvalue weighted by molar-refractivity contribution is 5.54. The molecule has 2 aliphatic carbocycles. The molecule has 1 N–H and O–H groups in total. The Labute approximate surface area is 164 Å². The van der Waals surface area contributed by atoms with E-state index in [2.05, 4.69) is 46.9 Å². The highest BCUT2D eigenvalue weighted by Gasteiger charge is 2.46. The van der Waals surface area contributed by atoms with Gasteiger partial charge in [0.05, 0.1) is 11.6 Å². The Bertz CT molecular complexity index is 999. The third-order valence-corrected chi connectivity index (χ3v) is 6.19. The first-order chi connectivity index (χ1) is 13.8. The van der Waals surface area contributed by atoms with Crippen molar-refractivity contribution in [3.63, 3.8) is 0 Å². The average molecular weight is 370 g/mol. The van der Waals surface area contributed by atoms with Crippen LogP contribution in [0.2, 0.25) is 0 Å². The van der Waals surface area contributed by atoms with Crippen LogP contribution in [0.25, 0.3) is 11.5 Å². The Morgan fingerprint density at radius 2 is 1.89 bits per heavy atom. The van der Waals surface area contributed by atoms with Gasteiger partial charge in [0.25, 0.3) is 5.89 Å². The maximum Gasteiger partial charge on any atom is 0.257 e. The van der Waals surface area contributed by atoms with Gasteiger partial charge in [-0.2, -0.15) is 10.2 Å². The minimum Gasteiger partial charge on any atom is -0.334 e. The van der Waals surface area contributed by atoms with E-state index in [1.165, 1.54) is 18.4 Å². The summed E-state index contributed by atoms with van der Waals surface area (Å²) in [4.78, 5) is 4.71. The lowest BCUT2D eigenvalue weighted by molar-refractivity contribution is 0.211. The van der Waals surface area contributed by atoms with Crippen molar-refractivity contribution in [3.8, 4) is 17.5 Å². The Morgan fingerprint density at radius 3 is 2.57 bits per heavy atom. The van der Waals surface area contributed by atoms with E-state index in [0.29, 0.717) is 23.4 Å². The lowest BCUT2D eigenvalue weighted by Gasteiger charge is -2.39. The predicted octanol–water partition coefficient (Wildman–Crippen LogP) is 4.18. The van der Waals surface area contributed by atoms with Crippen molar-refractivity contribution < 1.29 is 4.52 Å². The lowest BCUT2D eigenvalue weighted by atomic mass is 9.68. The molecule has 0 saturated heterocycles. The number of nitrogens with zero attached hydrogens (tertiary/aromatic N) is 3. The van der Waals surface area contributed by atoms with E-state index in [-0.39, 0.29) is 5.41 Å². The van der Waals surface area contributed by atoms with Gasteiger partial charge < -0.3 is 9.84 Å².